The molecular weight excluding hydrogens is 154 g/mol. The van der Waals surface area contributed by atoms with Gasteiger partial charge in [-0.15, -0.1) is 0 Å². The van der Waals surface area contributed by atoms with Gasteiger partial charge in [-0.05, 0) is 19.1 Å². The first kappa shape index (κ1) is 6.97. The third-order valence-electron chi connectivity index (χ3n) is 1.65. The van der Waals surface area contributed by atoms with Crippen molar-refractivity contribution in [1.29, 1.82) is 0 Å². The van der Waals surface area contributed by atoms with Crippen molar-refractivity contribution in [3.8, 4) is 0 Å². The van der Waals surface area contributed by atoms with Crippen LogP contribution in [0.4, 0.5) is 0 Å². The summed E-state index contributed by atoms with van der Waals surface area (Å²) < 4.78 is 1.29. The van der Waals surface area contributed by atoms with Crippen LogP contribution in [0.25, 0.3) is 5.65 Å². The molecule has 4 heteroatoms. The topological polar surface area (TPSA) is 47.3 Å². The van der Waals surface area contributed by atoms with Crippen LogP contribution in [0.15, 0.2) is 29.3 Å². The average Bonchev–Trinajstić information content (AvgIpc) is 2.12. The van der Waals surface area contributed by atoms with E-state index in [1.165, 1.54) is 4.52 Å². The third-order valence-corrected chi connectivity index (χ3v) is 1.65. The number of hydrogen-bond acceptors (Lipinski definition) is 3. The van der Waals surface area contributed by atoms with E-state index in [-0.39, 0.29) is 5.56 Å². The van der Waals surface area contributed by atoms with Gasteiger partial charge in [0.2, 0.25) is 0 Å². The van der Waals surface area contributed by atoms with E-state index in [0.717, 1.165) is 0 Å². The van der Waals surface area contributed by atoms with Crippen molar-refractivity contribution < 1.29 is 0 Å². The summed E-state index contributed by atoms with van der Waals surface area (Å²) in [7, 11) is 0. The molecule has 0 N–H and O–H groups in total. The van der Waals surface area contributed by atoms with Crippen molar-refractivity contribution in [2.45, 2.75) is 6.92 Å². The Bertz CT molecular complexity index is 475. The number of nitrogens with zero attached hydrogens (tertiary/aromatic N) is 3. The lowest BCUT2D eigenvalue weighted by atomic mass is 10.4. The van der Waals surface area contributed by atoms with E-state index in [2.05, 4.69) is 10.1 Å². The smallest absolute Gasteiger partial charge is 0.267 e. The molecule has 0 amide bonds. The molecule has 0 saturated heterocycles. The second kappa shape index (κ2) is 2.41. The predicted molar refractivity (Wildman–Crippen MR) is 44.0 cm³/mol. The molecule has 0 aromatic carbocycles. The summed E-state index contributed by atoms with van der Waals surface area (Å²) in [6.07, 6.45) is 3.12. The van der Waals surface area contributed by atoms with E-state index in [1.54, 1.807) is 31.5 Å². The molecule has 2 rings (SSSR count). The molecule has 0 atom stereocenters. The second-order valence-corrected chi connectivity index (χ2v) is 2.54. The molecule has 12 heavy (non-hydrogen) atoms. The predicted octanol–water partition coefficient (Wildman–Crippen LogP) is 0.398. The molecule has 0 aliphatic heterocycles. The standard InChI is InChI=1S/C8H7N3O/c1-6-5-9-7-3-2-4-10-11(7)8(6)12/h2-5H,1H3. The molecule has 0 aliphatic rings. The van der Waals surface area contributed by atoms with Crippen LogP contribution in [-0.4, -0.2) is 14.6 Å². The van der Waals surface area contributed by atoms with Gasteiger partial charge < -0.3 is 0 Å². The lowest BCUT2D eigenvalue weighted by Gasteiger charge is -1.96. The Morgan fingerprint density at radius 2 is 2.33 bits per heavy atom. The maximum absolute atomic E-state index is 11.4. The highest BCUT2D eigenvalue weighted by atomic mass is 16.1. The quantitative estimate of drug-likeness (QED) is 0.561. The Balaban J connectivity index is 3.01. The summed E-state index contributed by atoms with van der Waals surface area (Å²) in [6.45, 7) is 1.72. The Labute approximate surface area is 68.5 Å². The highest BCUT2D eigenvalue weighted by Gasteiger charge is 1.98. The monoisotopic (exact) mass is 161 g/mol. The Morgan fingerprint density at radius 1 is 1.50 bits per heavy atom. The molecule has 0 unspecified atom stereocenters. The first-order valence-electron chi connectivity index (χ1n) is 3.59. The fraction of sp³-hybridized carbons (Fsp3) is 0.125. The van der Waals surface area contributed by atoms with Crippen LogP contribution in [0, 0.1) is 6.92 Å². The zero-order valence-electron chi connectivity index (χ0n) is 6.56. The van der Waals surface area contributed by atoms with Crippen molar-refractivity contribution in [1.82, 2.24) is 14.6 Å². The second-order valence-electron chi connectivity index (χ2n) is 2.54. The molecular formula is C8H7N3O. The SMILES string of the molecule is Cc1cnc2cccnn2c1=O. The van der Waals surface area contributed by atoms with E-state index in [4.69, 9.17) is 0 Å². The van der Waals surface area contributed by atoms with Gasteiger partial charge in [-0.3, -0.25) is 4.79 Å². The van der Waals surface area contributed by atoms with Gasteiger partial charge in [0, 0.05) is 18.0 Å². The Morgan fingerprint density at radius 3 is 3.17 bits per heavy atom. The zero-order valence-corrected chi connectivity index (χ0v) is 6.56. The van der Waals surface area contributed by atoms with Gasteiger partial charge in [-0.2, -0.15) is 9.61 Å². The summed E-state index contributed by atoms with van der Waals surface area (Å²) >= 11 is 0. The van der Waals surface area contributed by atoms with Crippen LogP contribution >= 0.6 is 0 Å². The summed E-state index contributed by atoms with van der Waals surface area (Å²) in [6, 6.07) is 3.49. The van der Waals surface area contributed by atoms with Gasteiger partial charge in [-0.25, -0.2) is 4.98 Å². The maximum atomic E-state index is 11.4. The van der Waals surface area contributed by atoms with Crippen LogP contribution in [0.1, 0.15) is 5.56 Å². The van der Waals surface area contributed by atoms with Gasteiger partial charge in [0.05, 0.1) is 0 Å². The third kappa shape index (κ3) is 0.887. The first-order chi connectivity index (χ1) is 5.79. The number of aryl methyl sites for hydroxylation is 1. The van der Waals surface area contributed by atoms with E-state index in [0.29, 0.717) is 11.2 Å². The largest absolute Gasteiger partial charge is 0.277 e. The van der Waals surface area contributed by atoms with Crippen molar-refractivity contribution in [2.75, 3.05) is 0 Å². The molecule has 60 valence electrons. The minimum absolute atomic E-state index is 0.111. The highest BCUT2D eigenvalue weighted by molar-refractivity contribution is 5.35. The molecule has 4 nitrogen and oxygen atoms in total. The van der Waals surface area contributed by atoms with Crippen molar-refractivity contribution in [3.05, 3.63) is 40.4 Å². The summed E-state index contributed by atoms with van der Waals surface area (Å²) in [5.74, 6) is 0. The van der Waals surface area contributed by atoms with Crippen LogP contribution < -0.4 is 5.56 Å². The molecule has 0 spiro atoms. The lowest BCUT2D eigenvalue weighted by molar-refractivity contribution is 0.854. The van der Waals surface area contributed by atoms with Gasteiger partial charge in [0.25, 0.3) is 5.56 Å². The van der Waals surface area contributed by atoms with Gasteiger partial charge in [0.1, 0.15) is 0 Å². The lowest BCUT2D eigenvalue weighted by Crippen LogP contribution is -2.18. The molecule has 2 heterocycles. The van der Waals surface area contributed by atoms with E-state index < -0.39 is 0 Å². The van der Waals surface area contributed by atoms with Crippen molar-refractivity contribution in [2.24, 2.45) is 0 Å². The molecule has 2 aromatic heterocycles. The molecule has 0 saturated carbocycles. The average molecular weight is 161 g/mol. The molecule has 0 radical (unpaired) electrons. The summed E-state index contributed by atoms with van der Waals surface area (Å²) in [5.41, 5.74) is 1.07. The Hall–Kier alpha value is -1.71. The van der Waals surface area contributed by atoms with Crippen LogP contribution in [0.2, 0.25) is 0 Å². The fourth-order valence-electron chi connectivity index (χ4n) is 1.00. The Kier molecular flexibility index (Phi) is 1.40. The number of rotatable bonds is 0. The number of fused-ring (bicyclic) bond motifs is 1. The minimum atomic E-state index is -0.111. The first-order valence-corrected chi connectivity index (χ1v) is 3.59. The molecule has 0 fully saturated rings. The molecule has 2 aromatic rings. The van der Waals surface area contributed by atoms with E-state index in [9.17, 15) is 4.79 Å². The molecule has 0 bridgehead atoms. The summed E-state index contributed by atoms with van der Waals surface area (Å²) in [4.78, 5) is 15.4. The van der Waals surface area contributed by atoms with E-state index in [1.807, 2.05) is 0 Å². The van der Waals surface area contributed by atoms with Gasteiger partial charge in [-0.1, -0.05) is 0 Å². The zero-order chi connectivity index (χ0) is 8.55. The fourth-order valence-corrected chi connectivity index (χ4v) is 1.00. The number of hydrogen-bond donors (Lipinski definition) is 0. The van der Waals surface area contributed by atoms with Gasteiger partial charge >= 0.3 is 0 Å². The minimum Gasteiger partial charge on any atom is -0.267 e. The summed E-state index contributed by atoms with van der Waals surface area (Å²) in [5, 5.41) is 3.88. The number of aromatic nitrogens is 3. The maximum Gasteiger partial charge on any atom is 0.277 e. The van der Waals surface area contributed by atoms with Gasteiger partial charge in [0.15, 0.2) is 5.65 Å². The van der Waals surface area contributed by atoms with Crippen LogP contribution in [0.3, 0.4) is 0 Å². The van der Waals surface area contributed by atoms with Crippen LogP contribution in [0.5, 0.6) is 0 Å². The highest BCUT2D eigenvalue weighted by Crippen LogP contribution is 1.92. The van der Waals surface area contributed by atoms with Crippen molar-refractivity contribution >= 4 is 5.65 Å². The molecule has 0 aliphatic carbocycles. The van der Waals surface area contributed by atoms with Crippen molar-refractivity contribution in [3.63, 3.8) is 0 Å². The van der Waals surface area contributed by atoms with E-state index >= 15 is 0 Å². The normalized spacial score (nSPS) is 10.4. The van der Waals surface area contributed by atoms with Crippen LogP contribution in [-0.2, 0) is 0 Å².